The fourth-order valence-electron chi connectivity index (χ4n) is 2.45. The predicted octanol–water partition coefficient (Wildman–Crippen LogP) is 2.61. The molecule has 1 unspecified atom stereocenters. The van der Waals surface area contributed by atoms with E-state index in [1.54, 1.807) is 7.11 Å². The quantitative estimate of drug-likeness (QED) is 0.664. The smallest absolute Gasteiger partial charge is 0.0590 e. The van der Waals surface area contributed by atoms with Crippen LogP contribution in [0.5, 0.6) is 0 Å². The number of hydrogen-bond acceptors (Lipinski definition) is 3. The van der Waals surface area contributed by atoms with Gasteiger partial charge >= 0.3 is 0 Å². The summed E-state index contributed by atoms with van der Waals surface area (Å²) in [5, 5.41) is 3.65. The summed E-state index contributed by atoms with van der Waals surface area (Å²) in [6.45, 7) is 7.44. The fourth-order valence-corrected chi connectivity index (χ4v) is 2.45. The topological polar surface area (TPSA) is 24.5 Å². The number of nitrogens with zero attached hydrogens (tertiary/aromatic N) is 1. The Morgan fingerprint density at radius 1 is 1.40 bits per heavy atom. The lowest BCUT2D eigenvalue weighted by Gasteiger charge is -2.31. The Bertz CT molecular complexity index is 389. The maximum absolute atomic E-state index is 5.25. The van der Waals surface area contributed by atoms with E-state index < -0.39 is 0 Å². The van der Waals surface area contributed by atoms with Crippen molar-refractivity contribution in [2.24, 2.45) is 0 Å². The van der Waals surface area contributed by atoms with Crippen LogP contribution in [0, 0.1) is 0 Å². The molecular formula is C17H26N2O. The van der Waals surface area contributed by atoms with Crippen LogP contribution in [0.25, 0.3) is 0 Å². The number of methoxy groups -OCH3 is 1. The highest BCUT2D eigenvalue weighted by Gasteiger charge is 2.25. The van der Waals surface area contributed by atoms with Crippen molar-refractivity contribution >= 4 is 0 Å². The van der Waals surface area contributed by atoms with Gasteiger partial charge in [-0.15, -0.1) is 6.58 Å². The van der Waals surface area contributed by atoms with Gasteiger partial charge in [0.05, 0.1) is 6.61 Å². The third kappa shape index (κ3) is 4.75. The van der Waals surface area contributed by atoms with E-state index in [0.717, 1.165) is 32.3 Å². The van der Waals surface area contributed by atoms with Crippen LogP contribution < -0.4 is 5.32 Å². The molecular weight excluding hydrogens is 248 g/mol. The Morgan fingerprint density at radius 3 is 2.75 bits per heavy atom. The van der Waals surface area contributed by atoms with Gasteiger partial charge in [0.2, 0.25) is 0 Å². The number of hydrogen-bond donors (Lipinski definition) is 1. The van der Waals surface area contributed by atoms with Gasteiger partial charge in [0.25, 0.3) is 0 Å². The first-order valence-corrected chi connectivity index (χ1v) is 7.47. The molecule has 20 heavy (non-hydrogen) atoms. The lowest BCUT2D eigenvalue weighted by Crippen LogP contribution is -2.38. The molecule has 1 aromatic carbocycles. The molecule has 1 aromatic rings. The van der Waals surface area contributed by atoms with E-state index >= 15 is 0 Å². The zero-order chi connectivity index (χ0) is 14.2. The van der Waals surface area contributed by atoms with Crippen molar-refractivity contribution in [2.75, 3.05) is 33.4 Å². The average Bonchev–Trinajstić information content (AvgIpc) is 3.30. The average molecular weight is 274 g/mol. The molecule has 0 spiro atoms. The van der Waals surface area contributed by atoms with Gasteiger partial charge in [0.1, 0.15) is 0 Å². The second-order valence-electron chi connectivity index (χ2n) is 5.39. The molecule has 1 atom stereocenters. The Labute approximate surface area is 122 Å². The normalized spacial score (nSPS) is 16.3. The summed E-state index contributed by atoms with van der Waals surface area (Å²) < 4.78 is 5.25. The molecule has 1 saturated carbocycles. The minimum absolute atomic E-state index is 0.380. The van der Waals surface area contributed by atoms with Crippen molar-refractivity contribution in [1.29, 1.82) is 0 Å². The zero-order valence-corrected chi connectivity index (χ0v) is 12.4. The highest BCUT2D eigenvalue weighted by molar-refractivity contribution is 5.20. The molecule has 0 radical (unpaired) electrons. The van der Waals surface area contributed by atoms with Gasteiger partial charge in [0.15, 0.2) is 0 Å². The van der Waals surface area contributed by atoms with Crippen LogP contribution in [-0.2, 0) is 4.74 Å². The van der Waals surface area contributed by atoms with Crippen LogP contribution >= 0.6 is 0 Å². The fraction of sp³-hybridized carbons (Fsp3) is 0.529. The second-order valence-corrected chi connectivity index (χ2v) is 5.39. The van der Waals surface area contributed by atoms with Gasteiger partial charge in [0, 0.05) is 38.8 Å². The van der Waals surface area contributed by atoms with E-state index in [-0.39, 0.29) is 0 Å². The molecule has 0 heterocycles. The van der Waals surface area contributed by atoms with Gasteiger partial charge in [-0.05, 0) is 18.4 Å². The van der Waals surface area contributed by atoms with Crippen LogP contribution in [0.3, 0.4) is 0 Å². The summed E-state index contributed by atoms with van der Waals surface area (Å²) in [5.74, 6) is 0. The molecule has 1 fully saturated rings. The van der Waals surface area contributed by atoms with Crippen molar-refractivity contribution in [2.45, 2.75) is 24.9 Å². The van der Waals surface area contributed by atoms with E-state index in [9.17, 15) is 0 Å². The minimum Gasteiger partial charge on any atom is -0.383 e. The lowest BCUT2D eigenvalue weighted by atomic mass is 10.0. The highest BCUT2D eigenvalue weighted by atomic mass is 16.5. The number of nitrogens with one attached hydrogen (secondary N) is 1. The summed E-state index contributed by atoms with van der Waals surface area (Å²) in [6, 6.07) is 11.8. The van der Waals surface area contributed by atoms with E-state index in [0.29, 0.717) is 6.04 Å². The van der Waals surface area contributed by atoms with Crippen LogP contribution in [0.2, 0.25) is 0 Å². The van der Waals surface area contributed by atoms with Crippen LogP contribution in [0.15, 0.2) is 43.0 Å². The SMILES string of the molecule is C=CCN(CCOC)C(CNC1CC1)c1ccccc1. The molecule has 2 rings (SSSR count). The Morgan fingerprint density at radius 2 is 2.15 bits per heavy atom. The Balaban J connectivity index is 2.06. The van der Waals surface area contributed by atoms with Gasteiger partial charge in [-0.1, -0.05) is 36.4 Å². The molecule has 3 nitrogen and oxygen atoms in total. The van der Waals surface area contributed by atoms with Crippen molar-refractivity contribution in [3.8, 4) is 0 Å². The van der Waals surface area contributed by atoms with Crippen molar-refractivity contribution in [1.82, 2.24) is 10.2 Å². The van der Waals surface area contributed by atoms with Gasteiger partial charge in [-0.25, -0.2) is 0 Å². The predicted molar refractivity (Wildman–Crippen MR) is 83.9 cm³/mol. The first kappa shape index (κ1) is 15.2. The molecule has 0 amide bonds. The molecule has 1 aliphatic carbocycles. The summed E-state index contributed by atoms with van der Waals surface area (Å²) in [5.41, 5.74) is 1.36. The van der Waals surface area contributed by atoms with Gasteiger partial charge < -0.3 is 10.1 Å². The number of ether oxygens (including phenoxy) is 1. The maximum Gasteiger partial charge on any atom is 0.0590 e. The summed E-state index contributed by atoms with van der Waals surface area (Å²) in [7, 11) is 1.76. The summed E-state index contributed by atoms with van der Waals surface area (Å²) in [4.78, 5) is 2.43. The summed E-state index contributed by atoms with van der Waals surface area (Å²) >= 11 is 0. The standard InChI is InChI=1S/C17H26N2O/c1-3-11-19(12-13-20-2)17(14-18-16-9-10-16)15-7-5-4-6-8-15/h3-8,16-18H,1,9-14H2,2H3. The largest absolute Gasteiger partial charge is 0.383 e. The Kier molecular flexibility index (Phi) is 6.25. The van der Waals surface area contributed by atoms with E-state index in [1.165, 1.54) is 18.4 Å². The molecule has 110 valence electrons. The number of rotatable bonds is 10. The molecule has 1 aliphatic rings. The van der Waals surface area contributed by atoms with Crippen LogP contribution in [0.4, 0.5) is 0 Å². The zero-order valence-electron chi connectivity index (χ0n) is 12.4. The minimum atomic E-state index is 0.380. The third-order valence-corrected chi connectivity index (χ3v) is 3.75. The number of benzene rings is 1. The molecule has 0 bridgehead atoms. The van der Waals surface area contributed by atoms with Crippen molar-refractivity contribution < 1.29 is 4.74 Å². The Hall–Kier alpha value is -1.16. The van der Waals surface area contributed by atoms with E-state index in [2.05, 4.69) is 47.1 Å². The first-order valence-electron chi connectivity index (χ1n) is 7.47. The molecule has 0 aliphatic heterocycles. The van der Waals surface area contributed by atoms with Gasteiger partial charge in [-0.2, -0.15) is 0 Å². The van der Waals surface area contributed by atoms with Crippen molar-refractivity contribution in [3.63, 3.8) is 0 Å². The summed E-state index contributed by atoms with van der Waals surface area (Å²) in [6.07, 6.45) is 4.62. The third-order valence-electron chi connectivity index (χ3n) is 3.75. The molecule has 0 aromatic heterocycles. The molecule has 3 heteroatoms. The van der Waals surface area contributed by atoms with Crippen LogP contribution in [-0.4, -0.2) is 44.3 Å². The van der Waals surface area contributed by atoms with E-state index in [4.69, 9.17) is 4.74 Å². The lowest BCUT2D eigenvalue weighted by molar-refractivity contribution is 0.127. The molecule has 1 N–H and O–H groups in total. The van der Waals surface area contributed by atoms with Gasteiger partial charge in [-0.3, -0.25) is 4.90 Å². The van der Waals surface area contributed by atoms with Crippen LogP contribution in [0.1, 0.15) is 24.4 Å². The van der Waals surface area contributed by atoms with Crippen molar-refractivity contribution in [3.05, 3.63) is 48.6 Å². The second kappa shape index (κ2) is 8.20. The monoisotopic (exact) mass is 274 g/mol. The highest BCUT2D eigenvalue weighted by Crippen LogP contribution is 2.23. The maximum atomic E-state index is 5.25. The first-order chi connectivity index (χ1) is 9.85. The van der Waals surface area contributed by atoms with E-state index in [1.807, 2.05) is 6.08 Å². The molecule has 0 saturated heterocycles.